The molecule has 0 N–H and O–H groups in total. The molecule has 0 aliphatic carbocycles. The van der Waals surface area contributed by atoms with Gasteiger partial charge in [-0.05, 0) is 11.8 Å². The zero-order valence-corrected chi connectivity index (χ0v) is 17.9. The minimum absolute atomic E-state index is 0.196. The molecule has 138 valence electrons. The summed E-state index contributed by atoms with van der Waals surface area (Å²) in [5, 5.41) is 0. The summed E-state index contributed by atoms with van der Waals surface area (Å²) < 4.78 is 4.79. The molecule has 2 nitrogen and oxygen atoms in total. The Balaban J connectivity index is -0.000000127. The monoisotopic (exact) mass is 318 g/mol. The lowest BCUT2D eigenvalue weighted by Gasteiger charge is -2.21. The van der Waals surface area contributed by atoms with Crippen LogP contribution in [0.15, 0.2) is 0 Å². The van der Waals surface area contributed by atoms with Gasteiger partial charge in [0.15, 0.2) is 5.78 Å². The van der Waals surface area contributed by atoms with E-state index in [0.717, 1.165) is 12.8 Å². The van der Waals surface area contributed by atoms with Crippen molar-refractivity contribution in [3.63, 3.8) is 0 Å². The van der Waals surface area contributed by atoms with Crippen molar-refractivity contribution in [1.82, 2.24) is 0 Å². The predicted molar refractivity (Wildman–Crippen MR) is 103 cm³/mol. The van der Waals surface area contributed by atoms with Gasteiger partial charge in [0, 0.05) is 12.5 Å². The van der Waals surface area contributed by atoms with Crippen LogP contribution in [0.3, 0.4) is 0 Å². The maximum absolute atomic E-state index is 11.3. The lowest BCUT2D eigenvalue weighted by atomic mass is 9.84. The predicted octanol–water partition coefficient (Wildman–Crippen LogP) is 6.91. The van der Waals surface area contributed by atoms with E-state index in [-0.39, 0.29) is 17.8 Å². The van der Waals surface area contributed by atoms with Crippen molar-refractivity contribution in [3.05, 3.63) is 0 Å². The minimum atomic E-state index is -0.204. The van der Waals surface area contributed by atoms with Gasteiger partial charge < -0.3 is 4.74 Å². The normalized spacial score (nSPS) is 10.2. The number of ether oxygens (including phenoxy) is 1. The summed E-state index contributed by atoms with van der Waals surface area (Å²) in [6.07, 6.45) is 4.57. The van der Waals surface area contributed by atoms with Crippen LogP contribution in [0.5, 0.6) is 0 Å². The quantitative estimate of drug-likeness (QED) is 0.509. The van der Waals surface area contributed by atoms with Gasteiger partial charge >= 0.3 is 0 Å². The van der Waals surface area contributed by atoms with Crippen molar-refractivity contribution in [2.24, 2.45) is 10.8 Å². The van der Waals surface area contributed by atoms with Crippen LogP contribution in [0.25, 0.3) is 0 Å². The van der Waals surface area contributed by atoms with E-state index >= 15 is 0 Å². The molecule has 0 rings (SSSR count). The molecule has 0 aromatic carbocycles. The first kappa shape index (κ1) is 29.6. The highest BCUT2D eigenvalue weighted by Gasteiger charge is 2.25. The SMILES string of the molecule is CC.CC.CCC(C)(C)CC.CCCC(C)(C)C(=O)COC. The summed E-state index contributed by atoms with van der Waals surface area (Å²) in [4.78, 5) is 11.3. The van der Waals surface area contributed by atoms with Crippen molar-refractivity contribution in [3.8, 4) is 0 Å². The average Bonchev–Trinajstić information content (AvgIpc) is 2.52. The second-order valence-corrected chi connectivity index (χ2v) is 6.36. The summed E-state index contributed by atoms with van der Waals surface area (Å²) in [6, 6.07) is 0. The number of carbonyl (C=O) groups excluding carboxylic acids is 1. The topological polar surface area (TPSA) is 26.3 Å². The largest absolute Gasteiger partial charge is 0.377 e. The molecule has 22 heavy (non-hydrogen) atoms. The lowest BCUT2D eigenvalue weighted by Crippen LogP contribution is -2.27. The van der Waals surface area contributed by atoms with Crippen molar-refractivity contribution < 1.29 is 9.53 Å². The first-order valence-electron chi connectivity index (χ1n) is 9.19. The molecule has 0 bridgehead atoms. The zero-order valence-electron chi connectivity index (χ0n) is 17.9. The molecule has 0 aliphatic heterocycles. The van der Waals surface area contributed by atoms with Gasteiger partial charge in [-0.2, -0.15) is 0 Å². The average molecular weight is 319 g/mol. The van der Waals surface area contributed by atoms with Crippen LogP contribution in [0.4, 0.5) is 0 Å². The van der Waals surface area contributed by atoms with Gasteiger partial charge in [0.1, 0.15) is 6.61 Å². The summed E-state index contributed by atoms with van der Waals surface area (Å²) in [6.45, 7) is 23.3. The smallest absolute Gasteiger partial charge is 0.164 e. The van der Waals surface area contributed by atoms with Gasteiger partial charge in [0.2, 0.25) is 0 Å². The highest BCUT2D eigenvalue weighted by molar-refractivity contribution is 5.85. The number of Topliss-reactive ketones (excluding diaryl/α,β-unsaturated/α-hetero) is 1. The molecular formula is C20H46O2. The molecular weight excluding hydrogens is 272 g/mol. The Hall–Kier alpha value is -0.370. The Morgan fingerprint density at radius 2 is 1.23 bits per heavy atom. The third-order valence-electron chi connectivity index (χ3n) is 3.82. The van der Waals surface area contributed by atoms with E-state index in [2.05, 4.69) is 34.6 Å². The fourth-order valence-corrected chi connectivity index (χ4v) is 1.34. The Bertz CT molecular complexity index is 212. The molecule has 0 spiro atoms. The molecule has 0 saturated carbocycles. The lowest BCUT2D eigenvalue weighted by molar-refractivity contribution is -0.131. The summed E-state index contributed by atoms with van der Waals surface area (Å²) in [7, 11) is 1.56. The van der Waals surface area contributed by atoms with Gasteiger partial charge in [-0.25, -0.2) is 0 Å². The Labute approximate surface area is 142 Å². The third kappa shape index (κ3) is 19.6. The van der Waals surface area contributed by atoms with Crippen molar-refractivity contribution >= 4 is 5.78 Å². The van der Waals surface area contributed by atoms with Gasteiger partial charge in [0.25, 0.3) is 0 Å². The number of ketones is 1. The molecule has 0 aromatic rings. The minimum Gasteiger partial charge on any atom is -0.377 e. The van der Waals surface area contributed by atoms with Crippen LogP contribution in [0.1, 0.15) is 102 Å². The van der Waals surface area contributed by atoms with E-state index < -0.39 is 0 Å². The first-order valence-corrected chi connectivity index (χ1v) is 9.19. The molecule has 0 radical (unpaired) electrons. The zero-order chi connectivity index (χ0) is 18.8. The molecule has 0 aromatic heterocycles. The number of hydrogen-bond acceptors (Lipinski definition) is 2. The van der Waals surface area contributed by atoms with Crippen molar-refractivity contribution in [1.29, 1.82) is 0 Å². The third-order valence-corrected chi connectivity index (χ3v) is 3.82. The van der Waals surface area contributed by atoms with Crippen LogP contribution in [-0.2, 0) is 9.53 Å². The number of hydrogen-bond donors (Lipinski definition) is 0. The summed E-state index contributed by atoms with van der Waals surface area (Å²) in [5.41, 5.74) is 0.380. The van der Waals surface area contributed by atoms with Gasteiger partial charge in [-0.3, -0.25) is 4.79 Å². The maximum Gasteiger partial charge on any atom is 0.164 e. The van der Waals surface area contributed by atoms with E-state index in [1.807, 2.05) is 41.5 Å². The molecule has 0 amide bonds. The highest BCUT2D eigenvalue weighted by atomic mass is 16.5. The molecule has 0 saturated heterocycles. The fourth-order valence-electron chi connectivity index (χ4n) is 1.34. The number of carbonyl (C=O) groups is 1. The van der Waals surface area contributed by atoms with Crippen LogP contribution >= 0.6 is 0 Å². The molecule has 0 unspecified atom stereocenters. The van der Waals surface area contributed by atoms with Crippen molar-refractivity contribution in [2.45, 2.75) is 102 Å². The summed E-state index contributed by atoms with van der Waals surface area (Å²) in [5.74, 6) is 0.196. The van der Waals surface area contributed by atoms with E-state index in [4.69, 9.17) is 4.74 Å². The van der Waals surface area contributed by atoms with Crippen LogP contribution in [0, 0.1) is 10.8 Å². The Kier molecular flexibility index (Phi) is 25.1. The van der Waals surface area contributed by atoms with Crippen LogP contribution in [0.2, 0.25) is 0 Å². The van der Waals surface area contributed by atoms with E-state index in [1.54, 1.807) is 7.11 Å². The van der Waals surface area contributed by atoms with E-state index in [1.165, 1.54) is 12.8 Å². The van der Waals surface area contributed by atoms with Gasteiger partial charge in [-0.1, -0.05) is 95.4 Å². The first-order chi connectivity index (χ1) is 10.2. The number of methoxy groups -OCH3 is 1. The highest BCUT2D eigenvalue weighted by Crippen LogP contribution is 2.23. The number of rotatable bonds is 7. The van der Waals surface area contributed by atoms with Gasteiger partial charge in [-0.15, -0.1) is 0 Å². The van der Waals surface area contributed by atoms with Crippen LogP contribution < -0.4 is 0 Å². The molecule has 0 fully saturated rings. The Morgan fingerprint density at radius 3 is 1.41 bits per heavy atom. The summed E-state index contributed by atoms with van der Waals surface area (Å²) >= 11 is 0. The second kappa shape index (κ2) is 18.7. The maximum atomic E-state index is 11.3. The molecule has 2 heteroatoms. The van der Waals surface area contributed by atoms with E-state index in [9.17, 15) is 4.79 Å². The van der Waals surface area contributed by atoms with Crippen molar-refractivity contribution in [2.75, 3.05) is 13.7 Å². The molecule has 0 atom stereocenters. The fraction of sp³-hybridized carbons (Fsp3) is 0.950. The molecule has 0 aliphatic rings. The van der Waals surface area contributed by atoms with E-state index in [0.29, 0.717) is 5.41 Å². The van der Waals surface area contributed by atoms with Gasteiger partial charge in [0.05, 0.1) is 0 Å². The molecule has 0 heterocycles. The second-order valence-electron chi connectivity index (χ2n) is 6.36. The van der Waals surface area contributed by atoms with Crippen LogP contribution in [-0.4, -0.2) is 19.5 Å². The standard InChI is InChI=1S/C9H18O2.C7H16.2C2H6/c1-5-6-9(2,3)8(10)7-11-4;1-5-7(3,4)6-2;2*1-2/h5-7H2,1-4H3;5-6H2,1-4H3;2*1-2H3. The Morgan fingerprint density at radius 1 is 0.864 bits per heavy atom.